The van der Waals surface area contributed by atoms with Crippen LogP contribution in [0, 0.1) is 5.92 Å². The summed E-state index contributed by atoms with van der Waals surface area (Å²) < 4.78 is 0. The van der Waals surface area contributed by atoms with Crippen molar-refractivity contribution in [3.63, 3.8) is 0 Å². The minimum absolute atomic E-state index is 0.549. The van der Waals surface area contributed by atoms with E-state index in [1.165, 1.54) is 47.1 Å². The zero-order valence-electron chi connectivity index (χ0n) is 16.8. The molecule has 0 bridgehead atoms. The SMILES string of the molecule is CC(C)CC(N)=C1c2ccccc2C=Cc2ccccc21.CCCCC. The highest BCUT2D eigenvalue weighted by Crippen LogP contribution is 2.35. The lowest BCUT2D eigenvalue weighted by atomic mass is 9.90. The molecule has 0 saturated heterocycles. The smallest absolute Gasteiger partial charge is 0.0169 e. The fourth-order valence-electron chi connectivity index (χ4n) is 3.31. The molecule has 3 rings (SSSR count). The third-order valence-corrected chi connectivity index (χ3v) is 4.56. The van der Waals surface area contributed by atoms with Crippen LogP contribution in [0.25, 0.3) is 17.7 Å². The Balaban J connectivity index is 0.000000431. The number of benzene rings is 2. The minimum atomic E-state index is 0.549. The van der Waals surface area contributed by atoms with E-state index < -0.39 is 0 Å². The first-order chi connectivity index (χ1) is 12.6. The van der Waals surface area contributed by atoms with Crippen molar-refractivity contribution in [3.8, 4) is 0 Å². The maximum absolute atomic E-state index is 6.50. The van der Waals surface area contributed by atoms with Crippen LogP contribution in [0.4, 0.5) is 0 Å². The van der Waals surface area contributed by atoms with Crippen LogP contribution in [0.1, 0.15) is 75.6 Å². The molecule has 1 aliphatic rings. The average Bonchev–Trinajstić information content (AvgIpc) is 2.79. The summed E-state index contributed by atoms with van der Waals surface area (Å²) in [6.45, 7) is 8.84. The van der Waals surface area contributed by atoms with Crippen LogP contribution >= 0.6 is 0 Å². The number of nitrogens with two attached hydrogens (primary N) is 1. The lowest BCUT2D eigenvalue weighted by Gasteiger charge is -2.16. The van der Waals surface area contributed by atoms with E-state index in [0.717, 1.165) is 12.1 Å². The largest absolute Gasteiger partial charge is 0.402 e. The van der Waals surface area contributed by atoms with Crippen molar-refractivity contribution in [2.24, 2.45) is 11.7 Å². The molecule has 0 saturated carbocycles. The second-order valence-corrected chi connectivity index (χ2v) is 7.36. The third kappa shape index (κ3) is 5.11. The van der Waals surface area contributed by atoms with Crippen molar-refractivity contribution < 1.29 is 0 Å². The highest BCUT2D eigenvalue weighted by molar-refractivity contribution is 5.94. The van der Waals surface area contributed by atoms with Gasteiger partial charge in [-0.15, -0.1) is 0 Å². The molecule has 1 nitrogen and oxygen atoms in total. The van der Waals surface area contributed by atoms with Crippen LogP contribution in [-0.4, -0.2) is 0 Å². The van der Waals surface area contributed by atoms with E-state index in [1.54, 1.807) is 0 Å². The predicted octanol–water partition coefficient (Wildman–Crippen LogP) is 7.13. The van der Waals surface area contributed by atoms with Crippen molar-refractivity contribution >= 4 is 17.7 Å². The number of hydrogen-bond donors (Lipinski definition) is 1. The second-order valence-electron chi connectivity index (χ2n) is 7.36. The van der Waals surface area contributed by atoms with E-state index in [4.69, 9.17) is 5.73 Å². The number of fused-ring (bicyclic) bond motifs is 2. The average molecular weight is 348 g/mol. The lowest BCUT2D eigenvalue weighted by Crippen LogP contribution is -2.07. The molecule has 138 valence electrons. The van der Waals surface area contributed by atoms with E-state index in [0.29, 0.717) is 5.92 Å². The fourth-order valence-corrected chi connectivity index (χ4v) is 3.31. The number of allylic oxidation sites excluding steroid dienone is 1. The molecule has 1 aliphatic carbocycles. The molecule has 0 aliphatic heterocycles. The van der Waals surface area contributed by atoms with Gasteiger partial charge in [0.05, 0.1) is 0 Å². The van der Waals surface area contributed by atoms with E-state index in [-0.39, 0.29) is 0 Å². The van der Waals surface area contributed by atoms with Gasteiger partial charge in [0, 0.05) is 11.3 Å². The Bertz CT molecular complexity index is 712. The molecule has 2 N–H and O–H groups in total. The summed E-state index contributed by atoms with van der Waals surface area (Å²) in [5, 5.41) is 0. The van der Waals surface area contributed by atoms with Gasteiger partial charge in [-0.25, -0.2) is 0 Å². The molecular weight excluding hydrogens is 314 g/mol. The standard InChI is InChI=1S/C20H21N.C5H12/c1-14(2)13-19(21)20-17-9-5-3-7-15(17)11-12-16-8-4-6-10-18(16)20;1-3-5-4-2/h3-12,14H,13,21H2,1-2H3;3-5H2,1-2H3. The lowest BCUT2D eigenvalue weighted by molar-refractivity contribution is 0.639. The van der Waals surface area contributed by atoms with Gasteiger partial charge in [-0.1, -0.05) is 108 Å². The molecule has 0 fully saturated rings. The van der Waals surface area contributed by atoms with Crippen molar-refractivity contribution in [3.05, 3.63) is 76.5 Å². The summed E-state index contributed by atoms with van der Waals surface area (Å²) in [5.74, 6) is 0.549. The summed E-state index contributed by atoms with van der Waals surface area (Å²) in [7, 11) is 0. The summed E-state index contributed by atoms with van der Waals surface area (Å²) >= 11 is 0. The van der Waals surface area contributed by atoms with Crippen LogP contribution in [0.3, 0.4) is 0 Å². The molecule has 0 atom stereocenters. The minimum Gasteiger partial charge on any atom is -0.402 e. The Morgan fingerprint density at radius 2 is 1.27 bits per heavy atom. The Morgan fingerprint density at radius 1 is 0.808 bits per heavy atom. The van der Waals surface area contributed by atoms with Gasteiger partial charge in [0.15, 0.2) is 0 Å². The topological polar surface area (TPSA) is 26.0 Å². The highest BCUT2D eigenvalue weighted by atomic mass is 14.6. The molecule has 0 unspecified atom stereocenters. The van der Waals surface area contributed by atoms with Gasteiger partial charge in [-0.05, 0) is 34.6 Å². The zero-order chi connectivity index (χ0) is 18.9. The van der Waals surface area contributed by atoms with Crippen LogP contribution in [-0.2, 0) is 0 Å². The first-order valence-electron chi connectivity index (χ1n) is 9.93. The Hall–Kier alpha value is -2.28. The molecular formula is C25H33N. The first-order valence-corrected chi connectivity index (χ1v) is 9.93. The summed E-state index contributed by atoms with van der Waals surface area (Å²) in [5.41, 5.74) is 13.6. The predicted molar refractivity (Wildman–Crippen MR) is 117 cm³/mol. The van der Waals surface area contributed by atoms with Gasteiger partial charge in [-0.3, -0.25) is 0 Å². The van der Waals surface area contributed by atoms with Crippen molar-refractivity contribution in [2.45, 2.75) is 53.4 Å². The number of unbranched alkanes of at least 4 members (excludes halogenated alkanes) is 2. The van der Waals surface area contributed by atoms with Crippen molar-refractivity contribution in [1.82, 2.24) is 0 Å². The van der Waals surface area contributed by atoms with Crippen LogP contribution in [0.15, 0.2) is 54.2 Å². The highest BCUT2D eigenvalue weighted by Gasteiger charge is 2.17. The molecule has 0 spiro atoms. The zero-order valence-corrected chi connectivity index (χ0v) is 16.8. The molecule has 0 aromatic heterocycles. The van der Waals surface area contributed by atoms with Crippen LogP contribution in [0.5, 0.6) is 0 Å². The summed E-state index contributed by atoms with van der Waals surface area (Å²) in [6, 6.07) is 17.0. The molecule has 2 aromatic rings. The first kappa shape index (κ1) is 20.0. The third-order valence-electron chi connectivity index (χ3n) is 4.56. The van der Waals surface area contributed by atoms with Crippen molar-refractivity contribution in [1.29, 1.82) is 0 Å². The molecule has 0 radical (unpaired) electrons. The van der Waals surface area contributed by atoms with Gasteiger partial charge in [0.2, 0.25) is 0 Å². The van der Waals surface area contributed by atoms with E-state index in [2.05, 4.69) is 88.4 Å². The number of hydrogen-bond acceptors (Lipinski definition) is 1. The van der Waals surface area contributed by atoms with Gasteiger partial charge < -0.3 is 5.73 Å². The monoisotopic (exact) mass is 347 g/mol. The maximum atomic E-state index is 6.50. The normalized spacial score (nSPS) is 12.0. The van der Waals surface area contributed by atoms with E-state index in [9.17, 15) is 0 Å². The van der Waals surface area contributed by atoms with E-state index in [1.807, 2.05) is 0 Å². The molecule has 2 aromatic carbocycles. The van der Waals surface area contributed by atoms with Crippen LogP contribution < -0.4 is 5.73 Å². The quantitative estimate of drug-likeness (QED) is 0.533. The fraction of sp³-hybridized carbons (Fsp3) is 0.360. The van der Waals surface area contributed by atoms with E-state index >= 15 is 0 Å². The second kappa shape index (κ2) is 10.0. The molecule has 1 heteroatoms. The van der Waals surface area contributed by atoms with Crippen LogP contribution in [0.2, 0.25) is 0 Å². The summed E-state index contributed by atoms with van der Waals surface area (Å²) in [4.78, 5) is 0. The molecule has 26 heavy (non-hydrogen) atoms. The Labute approximate surface area is 159 Å². The van der Waals surface area contributed by atoms with Gasteiger partial charge in [-0.2, -0.15) is 0 Å². The number of rotatable bonds is 4. The van der Waals surface area contributed by atoms with Crippen molar-refractivity contribution in [2.75, 3.05) is 0 Å². The summed E-state index contributed by atoms with van der Waals surface area (Å²) in [6.07, 6.45) is 9.36. The Kier molecular flexibility index (Phi) is 7.72. The van der Waals surface area contributed by atoms with Gasteiger partial charge >= 0.3 is 0 Å². The van der Waals surface area contributed by atoms with Gasteiger partial charge in [0.1, 0.15) is 0 Å². The Morgan fingerprint density at radius 3 is 1.65 bits per heavy atom. The van der Waals surface area contributed by atoms with Gasteiger partial charge in [0.25, 0.3) is 0 Å². The molecule has 0 amide bonds. The molecule has 0 heterocycles. The maximum Gasteiger partial charge on any atom is 0.0169 e.